The molecule has 0 spiro atoms. The van der Waals surface area contributed by atoms with Crippen LogP contribution in [0.1, 0.15) is 25.7 Å². The molecule has 0 heterocycles. The van der Waals surface area contributed by atoms with Crippen LogP contribution in [-0.2, 0) is 0 Å². The van der Waals surface area contributed by atoms with Crippen molar-refractivity contribution < 1.29 is 13.9 Å². The van der Waals surface area contributed by atoms with Gasteiger partial charge < -0.3 is 5.11 Å². The van der Waals surface area contributed by atoms with E-state index in [1.165, 1.54) is 0 Å². The number of unbranched alkanes of at least 4 members (excludes halogenated alkanes) is 3. The molecule has 0 unspecified atom stereocenters. The molecule has 0 aliphatic heterocycles. The third-order valence-corrected chi connectivity index (χ3v) is 2.44. The van der Waals surface area contributed by atoms with Crippen LogP contribution < -0.4 is 0 Å². The second-order valence-electron chi connectivity index (χ2n) is 3.52. The van der Waals surface area contributed by atoms with E-state index in [0.29, 0.717) is 19.0 Å². The molecule has 0 aromatic rings. The fourth-order valence-electron chi connectivity index (χ4n) is 1.41. The van der Waals surface area contributed by atoms with Crippen LogP contribution in [0.5, 0.6) is 0 Å². The lowest BCUT2D eigenvalue weighted by molar-refractivity contribution is 0.0774. The maximum atomic E-state index is 12.1. The van der Waals surface area contributed by atoms with E-state index in [4.69, 9.17) is 16.7 Å². The first-order chi connectivity index (χ1) is 7.20. The lowest BCUT2D eigenvalue weighted by Crippen LogP contribution is -2.32. The normalized spacial score (nSPS) is 11.6. The van der Waals surface area contributed by atoms with E-state index in [2.05, 4.69) is 0 Å². The van der Waals surface area contributed by atoms with Crippen molar-refractivity contribution in [2.45, 2.75) is 32.1 Å². The number of hydrogen-bond donors (Lipinski definition) is 1. The highest BCUT2D eigenvalue weighted by atomic mass is 35.5. The van der Waals surface area contributed by atoms with E-state index in [1.54, 1.807) is 4.90 Å². The molecule has 0 radical (unpaired) electrons. The van der Waals surface area contributed by atoms with Gasteiger partial charge in [-0.3, -0.25) is 4.90 Å². The monoisotopic (exact) mass is 243 g/mol. The molecule has 0 bridgehead atoms. The van der Waals surface area contributed by atoms with Crippen molar-refractivity contribution in [3.8, 4) is 0 Å². The quantitative estimate of drug-likeness (QED) is 0.470. The van der Waals surface area contributed by atoms with Crippen LogP contribution in [0.25, 0.3) is 0 Å². The molecule has 92 valence electrons. The summed E-state index contributed by atoms with van der Waals surface area (Å²) < 4.78 is 24.2. The van der Waals surface area contributed by atoms with E-state index < -0.39 is 6.43 Å². The zero-order valence-corrected chi connectivity index (χ0v) is 9.73. The van der Waals surface area contributed by atoms with Gasteiger partial charge >= 0.3 is 0 Å². The number of aliphatic hydroxyl groups is 1. The summed E-state index contributed by atoms with van der Waals surface area (Å²) in [5.74, 6) is 0.664. The van der Waals surface area contributed by atoms with Crippen molar-refractivity contribution in [2.24, 2.45) is 0 Å². The summed E-state index contributed by atoms with van der Waals surface area (Å²) in [6, 6.07) is 0. The Labute approximate surface area is 95.2 Å². The molecule has 0 aliphatic carbocycles. The van der Waals surface area contributed by atoms with Crippen molar-refractivity contribution in [1.82, 2.24) is 4.90 Å². The lowest BCUT2D eigenvalue weighted by Gasteiger charge is -2.20. The molecule has 5 heteroatoms. The first kappa shape index (κ1) is 15.1. The minimum Gasteiger partial charge on any atom is -0.395 e. The molecule has 2 nitrogen and oxygen atoms in total. The van der Waals surface area contributed by atoms with Crippen LogP contribution in [0.2, 0.25) is 0 Å². The average molecular weight is 244 g/mol. The predicted octanol–water partition coefficient (Wildman–Crippen LogP) is 2.34. The maximum Gasteiger partial charge on any atom is 0.251 e. The Morgan fingerprint density at radius 3 is 2.27 bits per heavy atom. The molecular weight excluding hydrogens is 224 g/mol. The molecule has 15 heavy (non-hydrogen) atoms. The van der Waals surface area contributed by atoms with Crippen molar-refractivity contribution in [3.63, 3.8) is 0 Å². The second kappa shape index (κ2) is 10.6. The molecule has 0 fully saturated rings. The summed E-state index contributed by atoms with van der Waals surface area (Å²) in [7, 11) is 0. The topological polar surface area (TPSA) is 23.5 Å². The van der Waals surface area contributed by atoms with Gasteiger partial charge in [-0.1, -0.05) is 12.8 Å². The highest BCUT2D eigenvalue weighted by molar-refractivity contribution is 6.17. The summed E-state index contributed by atoms with van der Waals surface area (Å²) in [6.45, 7) is 0.664. The molecule has 0 saturated heterocycles. The first-order valence-electron chi connectivity index (χ1n) is 5.38. The number of hydrogen-bond acceptors (Lipinski definition) is 2. The van der Waals surface area contributed by atoms with Gasteiger partial charge in [0.2, 0.25) is 0 Å². The van der Waals surface area contributed by atoms with Gasteiger partial charge in [0.05, 0.1) is 13.2 Å². The molecule has 1 N–H and O–H groups in total. The van der Waals surface area contributed by atoms with Crippen molar-refractivity contribution >= 4 is 11.6 Å². The smallest absolute Gasteiger partial charge is 0.251 e. The number of rotatable bonds is 10. The van der Waals surface area contributed by atoms with Crippen LogP contribution in [-0.4, -0.2) is 48.6 Å². The zero-order chi connectivity index (χ0) is 11.5. The maximum absolute atomic E-state index is 12.1. The Hall–Kier alpha value is 0.0700. The summed E-state index contributed by atoms with van der Waals surface area (Å²) >= 11 is 5.52. The van der Waals surface area contributed by atoms with E-state index in [1.807, 2.05) is 0 Å². The molecule has 0 aromatic carbocycles. The average Bonchev–Trinajstić information content (AvgIpc) is 2.17. The molecule has 0 atom stereocenters. The second-order valence-corrected chi connectivity index (χ2v) is 3.90. The van der Waals surface area contributed by atoms with Crippen molar-refractivity contribution in [2.75, 3.05) is 32.1 Å². The van der Waals surface area contributed by atoms with Gasteiger partial charge in [-0.15, -0.1) is 11.6 Å². The highest BCUT2D eigenvalue weighted by Crippen LogP contribution is 2.04. The van der Waals surface area contributed by atoms with Crippen LogP contribution in [0.15, 0.2) is 0 Å². The first-order valence-corrected chi connectivity index (χ1v) is 5.91. The Bertz CT molecular complexity index is 139. The Morgan fingerprint density at radius 2 is 1.73 bits per heavy atom. The molecule has 0 aromatic heterocycles. The SMILES string of the molecule is OCCN(CCCCCCCl)CC(F)F. The molecular formula is C10H20ClF2NO. The third-order valence-electron chi connectivity index (χ3n) is 2.17. The van der Waals surface area contributed by atoms with Gasteiger partial charge in [0.25, 0.3) is 6.43 Å². The molecule has 0 rings (SSSR count). The summed E-state index contributed by atoms with van der Waals surface area (Å²) in [5.41, 5.74) is 0. The summed E-state index contributed by atoms with van der Waals surface area (Å²) in [4.78, 5) is 1.60. The summed E-state index contributed by atoms with van der Waals surface area (Å²) in [6.07, 6.45) is 1.61. The van der Waals surface area contributed by atoms with E-state index in [0.717, 1.165) is 25.7 Å². The Kier molecular flexibility index (Phi) is 10.6. The minimum absolute atomic E-state index is 0.0611. The number of nitrogens with zero attached hydrogens (tertiary/aromatic N) is 1. The molecule has 0 amide bonds. The van der Waals surface area contributed by atoms with E-state index >= 15 is 0 Å². The van der Waals surface area contributed by atoms with Gasteiger partial charge in [0.15, 0.2) is 0 Å². The standard InChI is InChI=1S/C10H20ClF2NO/c11-5-3-1-2-4-6-14(7-8-15)9-10(12)13/h10,15H,1-9H2. The van der Waals surface area contributed by atoms with Gasteiger partial charge in [-0.25, -0.2) is 8.78 Å². The van der Waals surface area contributed by atoms with Crippen LogP contribution >= 0.6 is 11.6 Å². The van der Waals surface area contributed by atoms with Gasteiger partial charge in [-0.05, 0) is 19.4 Å². The zero-order valence-electron chi connectivity index (χ0n) is 8.97. The van der Waals surface area contributed by atoms with Crippen molar-refractivity contribution in [3.05, 3.63) is 0 Å². The largest absolute Gasteiger partial charge is 0.395 e. The van der Waals surface area contributed by atoms with Gasteiger partial charge in [0.1, 0.15) is 0 Å². The minimum atomic E-state index is -2.32. The van der Waals surface area contributed by atoms with Crippen molar-refractivity contribution in [1.29, 1.82) is 0 Å². The molecule has 0 aliphatic rings. The van der Waals surface area contributed by atoms with E-state index in [9.17, 15) is 8.78 Å². The number of halogens is 3. The van der Waals surface area contributed by atoms with Gasteiger partial charge in [0, 0.05) is 12.4 Å². The van der Waals surface area contributed by atoms with E-state index in [-0.39, 0.29) is 13.2 Å². The van der Waals surface area contributed by atoms with Crippen LogP contribution in [0.3, 0.4) is 0 Å². The fourth-order valence-corrected chi connectivity index (χ4v) is 1.60. The predicted molar refractivity (Wildman–Crippen MR) is 58.7 cm³/mol. The Balaban J connectivity index is 3.47. The lowest BCUT2D eigenvalue weighted by atomic mass is 10.2. The summed E-state index contributed by atoms with van der Waals surface area (Å²) in [5, 5.41) is 8.69. The fraction of sp³-hybridized carbons (Fsp3) is 1.00. The molecule has 0 saturated carbocycles. The number of aliphatic hydroxyl groups excluding tert-OH is 1. The third kappa shape index (κ3) is 10.4. The van der Waals surface area contributed by atoms with Crippen LogP contribution in [0.4, 0.5) is 8.78 Å². The number of alkyl halides is 3. The van der Waals surface area contributed by atoms with Crippen LogP contribution in [0, 0.1) is 0 Å². The van der Waals surface area contributed by atoms with Gasteiger partial charge in [-0.2, -0.15) is 0 Å². The Morgan fingerprint density at radius 1 is 1.07 bits per heavy atom. The highest BCUT2D eigenvalue weighted by Gasteiger charge is 2.10.